The summed E-state index contributed by atoms with van der Waals surface area (Å²) in [6, 6.07) is 8.05. The van der Waals surface area contributed by atoms with E-state index in [0.717, 1.165) is 11.1 Å². The van der Waals surface area contributed by atoms with E-state index in [1.165, 1.54) is 10.9 Å². The van der Waals surface area contributed by atoms with E-state index in [1.54, 1.807) is 0 Å². The second-order valence-corrected chi connectivity index (χ2v) is 4.19. The van der Waals surface area contributed by atoms with E-state index in [4.69, 9.17) is 5.26 Å². The fourth-order valence-corrected chi connectivity index (χ4v) is 1.94. The highest BCUT2D eigenvalue weighted by Gasteiger charge is 2.09. The van der Waals surface area contributed by atoms with Crippen molar-refractivity contribution in [3.63, 3.8) is 0 Å². The summed E-state index contributed by atoms with van der Waals surface area (Å²) >= 11 is 0. The van der Waals surface area contributed by atoms with E-state index < -0.39 is 0 Å². The molecule has 15 heavy (non-hydrogen) atoms. The number of aryl methyl sites for hydroxylation is 1. The van der Waals surface area contributed by atoms with Crippen molar-refractivity contribution in [3.05, 3.63) is 35.5 Å². The molecule has 0 aliphatic carbocycles. The van der Waals surface area contributed by atoms with E-state index in [9.17, 15) is 0 Å². The topological polar surface area (TPSA) is 28.7 Å². The number of benzene rings is 1. The highest BCUT2D eigenvalue weighted by atomic mass is 14.9. The van der Waals surface area contributed by atoms with Gasteiger partial charge in [-0.3, -0.25) is 0 Å². The summed E-state index contributed by atoms with van der Waals surface area (Å²) in [5.41, 5.74) is 3.20. The molecular weight excluding hydrogens is 184 g/mol. The maximum Gasteiger partial charge on any atom is 0.0992 e. The van der Waals surface area contributed by atoms with Gasteiger partial charge in [0.1, 0.15) is 0 Å². The Balaban J connectivity index is 2.76. The minimum atomic E-state index is 0.515. The molecule has 0 N–H and O–H groups in total. The molecule has 1 aromatic carbocycles. The number of aromatic nitrogens is 1. The van der Waals surface area contributed by atoms with E-state index >= 15 is 0 Å². The Morgan fingerprint density at radius 1 is 1.33 bits per heavy atom. The summed E-state index contributed by atoms with van der Waals surface area (Å²) in [5.74, 6) is 0.515. The second kappa shape index (κ2) is 3.43. The van der Waals surface area contributed by atoms with Crippen LogP contribution in [0.5, 0.6) is 0 Å². The standard InChI is InChI=1S/C13H14N2/c1-9(2)12-8-15(3)13-6-10(7-14)4-5-11(12)13/h4-6,8-9H,1-3H3. The van der Waals surface area contributed by atoms with E-state index in [0.29, 0.717) is 5.92 Å². The van der Waals surface area contributed by atoms with Gasteiger partial charge in [0.25, 0.3) is 0 Å². The first-order valence-electron chi connectivity index (χ1n) is 5.12. The van der Waals surface area contributed by atoms with Crippen molar-refractivity contribution in [1.29, 1.82) is 5.26 Å². The Morgan fingerprint density at radius 3 is 2.67 bits per heavy atom. The maximum absolute atomic E-state index is 8.84. The van der Waals surface area contributed by atoms with Gasteiger partial charge >= 0.3 is 0 Å². The van der Waals surface area contributed by atoms with Gasteiger partial charge in [-0.1, -0.05) is 19.9 Å². The maximum atomic E-state index is 8.84. The fraction of sp³-hybridized carbons (Fsp3) is 0.308. The zero-order valence-electron chi connectivity index (χ0n) is 9.28. The van der Waals surface area contributed by atoms with Crippen LogP contribution in [0.25, 0.3) is 10.9 Å². The summed E-state index contributed by atoms with van der Waals surface area (Å²) < 4.78 is 2.09. The average molecular weight is 198 g/mol. The number of nitrogens with zero attached hydrogens (tertiary/aromatic N) is 2. The highest BCUT2D eigenvalue weighted by molar-refractivity contribution is 5.85. The van der Waals surface area contributed by atoms with Crippen molar-refractivity contribution in [2.24, 2.45) is 7.05 Å². The molecule has 0 aliphatic heterocycles. The third-order valence-electron chi connectivity index (χ3n) is 2.77. The van der Waals surface area contributed by atoms with Crippen LogP contribution in [0.1, 0.15) is 30.9 Å². The Morgan fingerprint density at radius 2 is 2.07 bits per heavy atom. The normalized spacial score (nSPS) is 10.9. The van der Waals surface area contributed by atoms with Crippen LogP contribution in [0.2, 0.25) is 0 Å². The first-order valence-corrected chi connectivity index (χ1v) is 5.12. The molecule has 2 nitrogen and oxygen atoms in total. The van der Waals surface area contributed by atoms with Gasteiger partial charge in [-0.25, -0.2) is 0 Å². The van der Waals surface area contributed by atoms with Gasteiger partial charge in [0.05, 0.1) is 11.6 Å². The predicted octanol–water partition coefficient (Wildman–Crippen LogP) is 3.17. The molecular formula is C13H14N2. The van der Waals surface area contributed by atoms with Crippen LogP contribution in [-0.2, 0) is 7.05 Å². The van der Waals surface area contributed by atoms with Crippen LogP contribution in [0.15, 0.2) is 24.4 Å². The lowest BCUT2D eigenvalue weighted by atomic mass is 10.0. The van der Waals surface area contributed by atoms with Crippen LogP contribution >= 0.6 is 0 Å². The van der Waals surface area contributed by atoms with Gasteiger partial charge in [0.15, 0.2) is 0 Å². The third kappa shape index (κ3) is 1.50. The Bertz CT molecular complexity index is 541. The molecule has 2 rings (SSSR count). The van der Waals surface area contributed by atoms with Gasteiger partial charge in [-0.15, -0.1) is 0 Å². The monoisotopic (exact) mass is 198 g/mol. The smallest absolute Gasteiger partial charge is 0.0992 e. The number of hydrogen-bond acceptors (Lipinski definition) is 1. The average Bonchev–Trinajstić information content (AvgIpc) is 2.56. The molecule has 0 saturated heterocycles. The van der Waals surface area contributed by atoms with Crippen molar-refractivity contribution in [1.82, 2.24) is 4.57 Å². The predicted molar refractivity (Wildman–Crippen MR) is 61.7 cm³/mol. The lowest BCUT2D eigenvalue weighted by Gasteiger charge is -2.01. The molecule has 0 fully saturated rings. The molecule has 0 atom stereocenters. The Kier molecular flexibility index (Phi) is 2.24. The summed E-state index contributed by atoms with van der Waals surface area (Å²) in [4.78, 5) is 0. The largest absolute Gasteiger partial charge is 0.350 e. The quantitative estimate of drug-likeness (QED) is 0.691. The first-order chi connectivity index (χ1) is 7.13. The zero-order valence-corrected chi connectivity index (χ0v) is 9.28. The molecule has 2 heteroatoms. The van der Waals surface area contributed by atoms with Gasteiger partial charge < -0.3 is 4.57 Å². The Labute approximate surface area is 89.7 Å². The van der Waals surface area contributed by atoms with Crippen LogP contribution in [-0.4, -0.2) is 4.57 Å². The van der Waals surface area contributed by atoms with Crippen molar-refractivity contribution in [2.75, 3.05) is 0 Å². The Hall–Kier alpha value is -1.75. The third-order valence-corrected chi connectivity index (χ3v) is 2.77. The molecule has 0 amide bonds. The molecule has 0 spiro atoms. The van der Waals surface area contributed by atoms with Gasteiger partial charge in [0.2, 0.25) is 0 Å². The summed E-state index contributed by atoms with van der Waals surface area (Å²) in [6.07, 6.45) is 2.15. The minimum Gasteiger partial charge on any atom is -0.350 e. The van der Waals surface area contributed by atoms with Crippen LogP contribution in [0.4, 0.5) is 0 Å². The molecule has 0 bridgehead atoms. The number of hydrogen-bond donors (Lipinski definition) is 0. The summed E-state index contributed by atoms with van der Waals surface area (Å²) in [6.45, 7) is 4.37. The SMILES string of the molecule is CC(C)c1cn(C)c2cc(C#N)ccc12. The number of nitriles is 1. The summed E-state index contributed by atoms with van der Waals surface area (Å²) in [7, 11) is 2.02. The van der Waals surface area contributed by atoms with Crippen LogP contribution in [0.3, 0.4) is 0 Å². The first kappa shape index (κ1) is 9.79. The van der Waals surface area contributed by atoms with E-state index in [-0.39, 0.29) is 0 Å². The second-order valence-electron chi connectivity index (χ2n) is 4.19. The van der Waals surface area contributed by atoms with Crippen LogP contribution < -0.4 is 0 Å². The number of rotatable bonds is 1. The molecule has 1 heterocycles. The molecule has 0 unspecified atom stereocenters. The minimum absolute atomic E-state index is 0.515. The fourth-order valence-electron chi connectivity index (χ4n) is 1.94. The van der Waals surface area contributed by atoms with E-state index in [1.807, 2.05) is 25.2 Å². The molecule has 0 saturated carbocycles. The lowest BCUT2D eigenvalue weighted by molar-refractivity contribution is 0.857. The molecule has 0 radical (unpaired) electrons. The molecule has 0 aliphatic rings. The van der Waals surface area contributed by atoms with Crippen molar-refractivity contribution >= 4 is 10.9 Å². The molecule has 2 aromatic rings. The number of fused-ring (bicyclic) bond motifs is 1. The van der Waals surface area contributed by atoms with Gasteiger partial charge in [0, 0.05) is 24.1 Å². The van der Waals surface area contributed by atoms with Gasteiger partial charge in [-0.2, -0.15) is 5.26 Å². The van der Waals surface area contributed by atoms with E-state index in [2.05, 4.69) is 30.7 Å². The van der Waals surface area contributed by atoms with Crippen molar-refractivity contribution < 1.29 is 0 Å². The molecule has 76 valence electrons. The molecule has 1 aromatic heterocycles. The summed E-state index contributed by atoms with van der Waals surface area (Å²) in [5, 5.41) is 10.1. The van der Waals surface area contributed by atoms with Crippen molar-refractivity contribution in [2.45, 2.75) is 19.8 Å². The highest BCUT2D eigenvalue weighted by Crippen LogP contribution is 2.27. The zero-order chi connectivity index (χ0) is 11.0. The van der Waals surface area contributed by atoms with Crippen molar-refractivity contribution in [3.8, 4) is 6.07 Å². The lowest BCUT2D eigenvalue weighted by Crippen LogP contribution is -1.84. The van der Waals surface area contributed by atoms with Gasteiger partial charge in [-0.05, 0) is 23.6 Å². The van der Waals surface area contributed by atoms with Crippen LogP contribution in [0, 0.1) is 11.3 Å².